The molecule has 0 atom stereocenters. The predicted molar refractivity (Wildman–Crippen MR) is 79.4 cm³/mol. The highest BCUT2D eigenvalue weighted by atomic mass is 16.1. The van der Waals surface area contributed by atoms with Crippen molar-refractivity contribution in [3.8, 4) is 0 Å². The summed E-state index contributed by atoms with van der Waals surface area (Å²) in [6, 6.07) is 12.8. The van der Waals surface area contributed by atoms with Crippen molar-refractivity contribution in [2.24, 2.45) is 0 Å². The zero-order valence-electron chi connectivity index (χ0n) is 11.2. The van der Waals surface area contributed by atoms with Crippen molar-refractivity contribution in [2.45, 2.75) is 6.54 Å². The molecule has 6 heteroatoms. The second-order valence-electron chi connectivity index (χ2n) is 4.45. The van der Waals surface area contributed by atoms with E-state index in [0.29, 0.717) is 17.6 Å². The molecule has 0 fully saturated rings. The van der Waals surface area contributed by atoms with Crippen molar-refractivity contribution in [3.05, 3.63) is 60.0 Å². The summed E-state index contributed by atoms with van der Waals surface area (Å²) in [5.74, 6) is -0.247. The fourth-order valence-corrected chi connectivity index (χ4v) is 1.94. The van der Waals surface area contributed by atoms with Gasteiger partial charge in [-0.2, -0.15) is 0 Å². The average molecular weight is 279 g/mol. The minimum Gasteiger partial charge on any atom is -0.382 e. The van der Waals surface area contributed by atoms with E-state index >= 15 is 0 Å². The summed E-state index contributed by atoms with van der Waals surface area (Å²) in [6.07, 6.45) is 1.67. The van der Waals surface area contributed by atoms with E-state index in [-0.39, 0.29) is 17.4 Å². The number of nitrogens with zero attached hydrogens (tertiary/aromatic N) is 3. The fraction of sp³-hybridized carbons (Fsp3) is 0.0667. The van der Waals surface area contributed by atoms with Gasteiger partial charge in [0.2, 0.25) is 0 Å². The van der Waals surface area contributed by atoms with Gasteiger partial charge in [-0.15, -0.1) is 0 Å². The number of nitrogen functional groups attached to an aromatic ring is 1. The van der Waals surface area contributed by atoms with Gasteiger partial charge in [0, 0.05) is 6.20 Å². The lowest BCUT2D eigenvalue weighted by atomic mass is 10.2. The number of benzene rings is 1. The van der Waals surface area contributed by atoms with Crippen LogP contribution in [-0.2, 0) is 6.54 Å². The molecule has 3 N–H and O–H groups in total. The molecule has 0 aliphatic heterocycles. The van der Waals surface area contributed by atoms with Gasteiger partial charge in [0.25, 0.3) is 5.91 Å². The van der Waals surface area contributed by atoms with Gasteiger partial charge >= 0.3 is 0 Å². The Labute approximate surface area is 121 Å². The predicted octanol–water partition coefficient (Wildman–Crippen LogP) is 1.54. The molecule has 0 saturated heterocycles. The Morgan fingerprint density at radius 2 is 1.76 bits per heavy atom. The summed E-state index contributed by atoms with van der Waals surface area (Å²) in [7, 11) is 0. The second kappa shape index (κ2) is 5.54. The maximum Gasteiger partial charge on any atom is 0.274 e. The van der Waals surface area contributed by atoms with Gasteiger partial charge in [0.05, 0.1) is 23.3 Å². The van der Waals surface area contributed by atoms with Crippen LogP contribution in [0, 0.1) is 0 Å². The van der Waals surface area contributed by atoms with Crippen LogP contribution >= 0.6 is 0 Å². The van der Waals surface area contributed by atoms with Gasteiger partial charge in [0.15, 0.2) is 11.5 Å². The Kier molecular flexibility index (Phi) is 3.42. The number of para-hydroxylation sites is 2. The van der Waals surface area contributed by atoms with E-state index in [0.717, 1.165) is 5.69 Å². The number of anilines is 1. The number of pyridine rings is 1. The molecular formula is C15H13N5O. The van der Waals surface area contributed by atoms with Gasteiger partial charge in [-0.3, -0.25) is 9.78 Å². The number of nitrogens with one attached hydrogen (secondary N) is 1. The van der Waals surface area contributed by atoms with E-state index in [9.17, 15) is 4.79 Å². The third kappa shape index (κ3) is 2.79. The van der Waals surface area contributed by atoms with Crippen LogP contribution in [0.2, 0.25) is 0 Å². The first-order valence-electron chi connectivity index (χ1n) is 6.44. The molecule has 6 nitrogen and oxygen atoms in total. The Morgan fingerprint density at radius 1 is 1.05 bits per heavy atom. The minimum atomic E-state index is -0.364. The molecule has 0 aliphatic carbocycles. The van der Waals surface area contributed by atoms with Crippen molar-refractivity contribution in [2.75, 3.05) is 5.73 Å². The first kappa shape index (κ1) is 13.0. The van der Waals surface area contributed by atoms with Gasteiger partial charge in [-0.25, -0.2) is 9.97 Å². The van der Waals surface area contributed by atoms with Crippen LogP contribution in [0.3, 0.4) is 0 Å². The molecule has 0 unspecified atom stereocenters. The smallest absolute Gasteiger partial charge is 0.274 e. The molecule has 0 aliphatic rings. The SMILES string of the molecule is Nc1nc2ccccc2nc1C(=O)NCc1ccccn1. The summed E-state index contributed by atoms with van der Waals surface area (Å²) < 4.78 is 0. The highest BCUT2D eigenvalue weighted by molar-refractivity contribution is 5.98. The summed E-state index contributed by atoms with van der Waals surface area (Å²) in [4.78, 5) is 24.8. The van der Waals surface area contributed by atoms with E-state index in [2.05, 4.69) is 20.3 Å². The normalized spacial score (nSPS) is 10.5. The lowest BCUT2D eigenvalue weighted by Crippen LogP contribution is -2.25. The Bertz CT molecular complexity index is 788. The minimum absolute atomic E-state index is 0.118. The molecular weight excluding hydrogens is 266 g/mol. The van der Waals surface area contributed by atoms with Crippen molar-refractivity contribution in [3.63, 3.8) is 0 Å². The highest BCUT2D eigenvalue weighted by Gasteiger charge is 2.14. The summed E-state index contributed by atoms with van der Waals surface area (Å²) in [5, 5.41) is 2.74. The van der Waals surface area contributed by atoms with Crippen LogP contribution < -0.4 is 11.1 Å². The van der Waals surface area contributed by atoms with E-state index in [1.54, 1.807) is 18.3 Å². The van der Waals surface area contributed by atoms with Crippen LogP contribution in [0.25, 0.3) is 11.0 Å². The standard InChI is InChI=1S/C15H13N5O/c16-14-13(19-11-6-1-2-7-12(11)20-14)15(21)18-9-10-5-3-4-8-17-10/h1-8H,9H2,(H2,16,20)(H,18,21). The van der Waals surface area contributed by atoms with Gasteiger partial charge in [-0.1, -0.05) is 18.2 Å². The number of carbonyl (C=O) groups excluding carboxylic acids is 1. The Hall–Kier alpha value is -3.02. The topological polar surface area (TPSA) is 93.8 Å². The number of rotatable bonds is 3. The quantitative estimate of drug-likeness (QED) is 0.758. The molecule has 0 bridgehead atoms. The molecule has 1 aromatic carbocycles. The fourth-order valence-electron chi connectivity index (χ4n) is 1.94. The van der Waals surface area contributed by atoms with Crippen molar-refractivity contribution >= 4 is 22.8 Å². The van der Waals surface area contributed by atoms with Crippen LogP contribution in [0.1, 0.15) is 16.2 Å². The van der Waals surface area contributed by atoms with E-state index in [1.165, 1.54) is 0 Å². The van der Waals surface area contributed by atoms with E-state index < -0.39 is 0 Å². The van der Waals surface area contributed by atoms with E-state index in [4.69, 9.17) is 5.73 Å². The van der Waals surface area contributed by atoms with Crippen LogP contribution in [-0.4, -0.2) is 20.9 Å². The summed E-state index contributed by atoms with van der Waals surface area (Å²) >= 11 is 0. The van der Waals surface area contributed by atoms with Gasteiger partial charge in [0.1, 0.15) is 0 Å². The summed E-state index contributed by atoms with van der Waals surface area (Å²) in [6.45, 7) is 0.313. The molecule has 1 amide bonds. The molecule has 104 valence electrons. The number of nitrogens with two attached hydrogens (primary N) is 1. The summed E-state index contributed by atoms with van der Waals surface area (Å²) in [5.41, 5.74) is 8.00. The number of aromatic nitrogens is 3. The number of fused-ring (bicyclic) bond motifs is 1. The Balaban J connectivity index is 1.82. The molecule has 21 heavy (non-hydrogen) atoms. The molecule has 0 radical (unpaired) electrons. The molecule has 0 saturated carbocycles. The second-order valence-corrected chi connectivity index (χ2v) is 4.45. The lowest BCUT2D eigenvalue weighted by molar-refractivity contribution is 0.0946. The van der Waals surface area contributed by atoms with Crippen molar-refractivity contribution in [1.82, 2.24) is 20.3 Å². The zero-order chi connectivity index (χ0) is 14.7. The van der Waals surface area contributed by atoms with Crippen LogP contribution in [0.4, 0.5) is 5.82 Å². The maximum absolute atomic E-state index is 12.2. The maximum atomic E-state index is 12.2. The molecule has 0 spiro atoms. The first-order chi connectivity index (χ1) is 10.2. The van der Waals surface area contributed by atoms with Crippen LogP contribution in [0.15, 0.2) is 48.7 Å². The highest BCUT2D eigenvalue weighted by Crippen LogP contribution is 2.14. The zero-order valence-corrected chi connectivity index (χ0v) is 11.2. The van der Waals surface area contributed by atoms with Crippen molar-refractivity contribution in [1.29, 1.82) is 0 Å². The number of hydrogen-bond acceptors (Lipinski definition) is 5. The average Bonchev–Trinajstić information content (AvgIpc) is 2.53. The number of hydrogen-bond donors (Lipinski definition) is 2. The van der Waals surface area contributed by atoms with Crippen LogP contribution in [0.5, 0.6) is 0 Å². The monoisotopic (exact) mass is 279 g/mol. The molecule has 3 aromatic rings. The molecule has 2 heterocycles. The molecule has 3 rings (SSSR count). The van der Waals surface area contributed by atoms with E-state index in [1.807, 2.05) is 30.3 Å². The lowest BCUT2D eigenvalue weighted by Gasteiger charge is -2.07. The number of carbonyl (C=O) groups is 1. The largest absolute Gasteiger partial charge is 0.382 e. The number of amides is 1. The first-order valence-corrected chi connectivity index (χ1v) is 6.44. The van der Waals surface area contributed by atoms with Gasteiger partial charge < -0.3 is 11.1 Å². The third-order valence-electron chi connectivity index (χ3n) is 2.97. The van der Waals surface area contributed by atoms with Gasteiger partial charge in [-0.05, 0) is 24.3 Å². The Morgan fingerprint density at radius 3 is 2.48 bits per heavy atom. The third-order valence-corrected chi connectivity index (χ3v) is 2.97. The molecule has 2 aromatic heterocycles. The van der Waals surface area contributed by atoms with Crippen molar-refractivity contribution < 1.29 is 4.79 Å².